The summed E-state index contributed by atoms with van der Waals surface area (Å²) in [5, 5.41) is 11.7. The van der Waals surface area contributed by atoms with Gasteiger partial charge in [0, 0.05) is 13.1 Å². The molecule has 0 aromatic heterocycles. The van der Waals surface area contributed by atoms with E-state index in [1.807, 2.05) is 0 Å². The molecule has 0 spiro atoms. The van der Waals surface area contributed by atoms with Gasteiger partial charge in [0.2, 0.25) is 0 Å². The topological polar surface area (TPSA) is 78.9 Å². The summed E-state index contributed by atoms with van der Waals surface area (Å²) in [5.41, 5.74) is 0.165. The van der Waals surface area contributed by atoms with Gasteiger partial charge in [-0.25, -0.2) is 4.79 Å². The number of urea groups is 1. The Balaban J connectivity index is 2.45. The molecule has 6 heteroatoms. The molecule has 1 aliphatic rings. The first-order chi connectivity index (χ1) is 8.79. The molecule has 1 atom stereocenters. The van der Waals surface area contributed by atoms with Crippen molar-refractivity contribution in [1.29, 1.82) is 0 Å². The summed E-state index contributed by atoms with van der Waals surface area (Å²) >= 11 is 0. The highest BCUT2D eigenvalue weighted by molar-refractivity contribution is 5.76. The molecule has 110 valence electrons. The third-order valence-corrected chi connectivity index (χ3v) is 3.05. The zero-order valence-corrected chi connectivity index (χ0v) is 11.9. The summed E-state index contributed by atoms with van der Waals surface area (Å²) in [6, 6.07) is -0.570. The highest BCUT2D eigenvalue weighted by atomic mass is 16.5. The van der Waals surface area contributed by atoms with Gasteiger partial charge in [-0.15, -0.1) is 0 Å². The Morgan fingerprint density at radius 3 is 2.68 bits per heavy atom. The van der Waals surface area contributed by atoms with E-state index >= 15 is 0 Å². The molecule has 1 fully saturated rings. The molecule has 0 bridgehead atoms. The molecule has 0 aromatic rings. The summed E-state index contributed by atoms with van der Waals surface area (Å²) in [5.74, 6) is -0.914. The fourth-order valence-corrected chi connectivity index (χ4v) is 1.94. The Morgan fingerprint density at radius 1 is 1.42 bits per heavy atom. The molecule has 0 saturated carbocycles. The van der Waals surface area contributed by atoms with Crippen molar-refractivity contribution < 1.29 is 19.4 Å². The Labute approximate surface area is 114 Å². The van der Waals surface area contributed by atoms with Crippen LogP contribution in [0.25, 0.3) is 0 Å². The lowest BCUT2D eigenvalue weighted by atomic mass is 9.92. The van der Waals surface area contributed by atoms with Crippen molar-refractivity contribution in [1.82, 2.24) is 10.2 Å². The quantitative estimate of drug-likeness (QED) is 0.808. The van der Waals surface area contributed by atoms with E-state index in [0.717, 1.165) is 6.42 Å². The molecular formula is C13H24N2O4. The number of ether oxygens (including phenoxy) is 1. The third kappa shape index (κ3) is 5.92. The smallest absolute Gasteiger partial charge is 0.317 e. The maximum atomic E-state index is 12.0. The maximum absolute atomic E-state index is 12.0. The Bertz CT molecular complexity index is 325. The predicted molar refractivity (Wildman–Crippen MR) is 71.0 cm³/mol. The normalized spacial score (nSPS) is 20.2. The minimum atomic E-state index is -0.914. The van der Waals surface area contributed by atoms with E-state index in [9.17, 15) is 9.59 Å². The molecule has 1 unspecified atom stereocenters. The summed E-state index contributed by atoms with van der Waals surface area (Å²) < 4.78 is 5.24. The lowest BCUT2D eigenvalue weighted by molar-refractivity contribution is -0.139. The van der Waals surface area contributed by atoms with E-state index in [2.05, 4.69) is 26.1 Å². The van der Waals surface area contributed by atoms with E-state index in [-0.39, 0.29) is 23.9 Å². The number of hydrogen-bond donors (Lipinski definition) is 2. The molecule has 0 aliphatic carbocycles. The van der Waals surface area contributed by atoms with Crippen LogP contribution in [0.15, 0.2) is 0 Å². The zero-order valence-electron chi connectivity index (χ0n) is 11.9. The molecule has 6 nitrogen and oxygen atoms in total. The maximum Gasteiger partial charge on any atom is 0.317 e. The van der Waals surface area contributed by atoms with Crippen molar-refractivity contribution in [2.75, 3.05) is 26.3 Å². The summed E-state index contributed by atoms with van der Waals surface area (Å²) in [4.78, 5) is 24.4. The average Bonchev–Trinajstić information content (AvgIpc) is 2.27. The predicted octanol–water partition coefficient (Wildman–Crippen LogP) is 1.31. The van der Waals surface area contributed by atoms with Crippen molar-refractivity contribution in [3.05, 3.63) is 0 Å². The summed E-state index contributed by atoms with van der Waals surface area (Å²) in [6.45, 7) is 8.13. The van der Waals surface area contributed by atoms with E-state index in [1.54, 1.807) is 4.90 Å². The number of carbonyl (C=O) groups is 2. The molecule has 1 rings (SSSR count). The average molecular weight is 272 g/mol. The highest BCUT2D eigenvalue weighted by Crippen LogP contribution is 2.17. The number of hydrogen-bond acceptors (Lipinski definition) is 3. The van der Waals surface area contributed by atoms with Crippen LogP contribution in [0, 0.1) is 5.41 Å². The zero-order chi connectivity index (χ0) is 14.5. The van der Waals surface area contributed by atoms with Crippen LogP contribution in [0.3, 0.4) is 0 Å². The van der Waals surface area contributed by atoms with Gasteiger partial charge in [-0.3, -0.25) is 4.79 Å². The van der Waals surface area contributed by atoms with Gasteiger partial charge in [-0.1, -0.05) is 20.8 Å². The van der Waals surface area contributed by atoms with Crippen molar-refractivity contribution in [3.8, 4) is 0 Å². The fraction of sp³-hybridized carbons (Fsp3) is 0.846. The van der Waals surface area contributed by atoms with Gasteiger partial charge in [0.15, 0.2) is 0 Å². The van der Waals surface area contributed by atoms with Crippen molar-refractivity contribution in [3.63, 3.8) is 0 Å². The number of nitrogens with one attached hydrogen (secondary N) is 1. The van der Waals surface area contributed by atoms with Crippen LogP contribution in [0.4, 0.5) is 4.79 Å². The highest BCUT2D eigenvalue weighted by Gasteiger charge is 2.29. The molecule has 1 heterocycles. The first-order valence-corrected chi connectivity index (χ1v) is 6.63. The molecule has 0 radical (unpaired) electrons. The summed E-state index contributed by atoms with van der Waals surface area (Å²) in [7, 11) is 0. The molecule has 2 N–H and O–H groups in total. The number of carboxylic acid groups (broad SMARTS) is 1. The lowest BCUT2D eigenvalue weighted by Gasteiger charge is -2.35. The van der Waals surface area contributed by atoms with Gasteiger partial charge in [-0.05, 0) is 11.8 Å². The SMILES string of the molecule is CC(C)(C)CCNC(=O)N1CCOCC1CC(=O)O. The first-order valence-electron chi connectivity index (χ1n) is 6.63. The second-order valence-electron chi connectivity index (χ2n) is 6.06. The second kappa shape index (κ2) is 6.75. The first kappa shape index (κ1) is 15.8. The van der Waals surface area contributed by atoms with Gasteiger partial charge < -0.3 is 20.1 Å². The standard InChI is InChI=1S/C13H24N2O4/c1-13(2,3)4-5-14-12(18)15-6-7-19-9-10(15)8-11(16)17/h10H,4-9H2,1-3H3,(H,14,18)(H,16,17). The van der Waals surface area contributed by atoms with Crippen molar-refractivity contribution in [2.45, 2.75) is 39.7 Å². The van der Waals surface area contributed by atoms with E-state index in [0.29, 0.717) is 26.3 Å². The number of carboxylic acids is 1. The van der Waals surface area contributed by atoms with Crippen LogP contribution in [-0.2, 0) is 9.53 Å². The van der Waals surface area contributed by atoms with Gasteiger partial charge in [-0.2, -0.15) is 0 Å². The van der Waals surface area contributed by atoms with Gasteiger partial charge in [0.1, 0.15) is 0 Å². The van der Waals surface area contributed by atoms with Gasteiger partial charge >= 0.3 is 12.0 Å². The van der Waals surface area contributed by atoms with Crippen LogP contribution in [-0.4, -0.2) is 54.4 Å². The monoisotopic (exact) mass is 272 g/mol. The van der Waals surface area contributed by atoms with Gasteiger partial charge in [0.25, 0.3) is 0 Å². The number of amides is 2. The van der Waals surface area contributed by atoms with Crippen molar-refractivity contribution >= 4 is 12.0 Å². The molecule has 0 aromatic carbocycles. The second-order valence-corrected chi connectivity index (χ2v) is 6.06. The lowest BCUT2D eigenvalue weighted by Crippen LogP contribution is -2.53. The number of nitrogens with zero attached hydrogens (tertiary/aromatic N) is 1. The van der Waals surface area contributed by atoms with Crippen molar-refractivity contribution in [2.24, 2.45) is 5.41 Å². The largest absolute Gasteiger partial charge is 0.481 e. The summed E-state index contributed by atoms with van der Waals surface area (Å²) in [6.07, 6.45) is 0.805. The van der Waals surface area contributed by atoms with Crippen LogP contribution in [0.1, 0.15) is 33.6 Å². The van der Waals surface area contributed by atoms with Gasteiger partial charge in [0.05, 0.1) is 25.7 Å². The Morgan fingerprint density at radius 2 is 2.11 bits per heavy atom. The van der Waals surface area contributed by atoms with Crippen LogP contribution < -0.4 is 5.32 Å². The Hall–Kier alpha value is -1.30. The van der Waals surface area contributed by atoms with Crippen LogP contribution >= 0.6 is 0 Å². The molecular weight excluding hydrogens is 248 g/mol. The van der Waals surface area contributed by atoms with Crippen LogP contribution in [0.2, 0.25) is 0 Å². The molecule has 1 saturated heterocycles. The number of rotatable bonds is 4. The van der Waals surface area contributed by atoms with E-state index in [1.165, 1.54) is 0 Å². The number of morpholine rings is 1. The van der Waals surface area contributed by atoms with E-state index < -0.39 is 5.97 Å². The molecule has 19 heavy (non-hydrogen) atoms. The number of carbonyl (C=O) groups excluding carboxylic acids is 1. The molecule has 1 aliphatic heterocycles. The third-order valence-electron chi connectivity index (χ3n) is 3.05. The minimum absolute atomic E-state index is 0.0767. The number of aliphatic carboxylic acids is 1. The minimum Gasteiger partial charge on any atom is -0.481 e. The van der Waals surface area contributed by atoms with E-state index in [4.69, 9.17) is 9.84 Å². The molecule has 2 amide bonds. The fourth-order valence-electron chi connectivity index (χ4n) is 1.94. The Kier molecular flexibility index (Phi) is 5.60. The van der Waals surface area contributed by atoms with Crippen LogP contribution in [0.5, 0.6) is 0 Å².